The molecule has 5 heteroatoms. The lowest BCUT2D eigenvalue weighted by Gasteiger charge is -2.20. The highest BCUT2D eigenvalue weighted by atomic mass is 32.2. The minimum Gasteiger partial charge on any atom is -0.301 e. The first-order chi connectivity index (χ1) is 9.79. The number of hydrogen-bond acceptors (Lipinski definition) is 4. The molecule has 2 heterocycles. The lowest BCUT2D eigenvalue weighted by molar-refractivity contribution is 0.515. The molecule has 0 aromatic carbocycles. The van der Waals surface area contributed by atoms with E-state index in [4.69, 9.17) is 0 Å². The monoisotopic (exact) mass is 306 g/mol. The first-order valence-corrected chi connectivity index (χ1v) is 8.90. The number of nitrogens with one attached hydrogen (secondary N) is 1. The van der Waals surface area contributed by atoms with Crippen LogP contribution in [0.2, 0.25) is 0 Å². The Bertz CT molecular complexity index is 601. The number of thiophene rings is 1. The van der Waals surface area contributed by atoms with Crippen LogP contribution in [-0.2, 0) is 6.42 Å². The van der Waals surface area contributed by atoms with Crippen LogP contribution in [0.25, 0.3) is 0 Å². The van der Waals surface area contributed by atoms with E-state index in [0.717, 1.165) is 17.3 Å². The van der Waals surface area contributed by atoms with Crippen molar-refractivity contribution in [2.75, 3.05) is 0 Å². The van der Waals surface area contributed by atoms with E-state index < -0.39 is 0 Å². The summed E-state index contributed by atoms with van der Waals surface area (Å²) in [5, 5.41) is 5.56. The molecule has 1 aliphatic carbocycles. The number of hydrogen-bond donors (Lipinski definition) is 1. The molecular formula is C15H18N2OS2. The third-order valence-electron chi connectivity index (χ3n) is 3.57. The highest BCUT2D eigenvalue weighted by Crippen LogP contribution is 2.31. The van der Waals surface area contributed by atoms with E-state index in [2.05, 4.69) is 26.8 Å². The van der Waals surface area contributed by atoms with Gasteiger partial charge in [-0.2, -0.15) is 11.3 Å². The average molecular weight is 306 g/mol. The quantitative estimate of drug-likeness (QED) is 0.873. The van der Waals surface area contributed by atoms with Gasteiger partial charge in [-0.3, -0.25) is 4.79 Å². The minimum absolute atomic E-state index is 0.0384. The van der Waals surface area contributed by atoms with E-state index in [1.807, 2.05) is 0 Å². The molecule has 0 aliphatic heterocycles. The number of nitrogens with zero attached hydrogens (tertiary/aromatic N) is 1. The van der Waals surface area contributed by atoms with Gasteiger partial charge in [0.2, 0.25) is 0 Å². The van der Waals surface area contributed by atoms with Crippen molar-refractivity contribution in [3.8, 4) is 0 Å². The Hall–Kier alpha value is -1.07. The molecule has 3 nitrogen and oxygen atoms in total. The van der Waals surface area contributed by atoms with Gasteiger partial charge in [0.1, 0.15) is 0 Å². The first-order valence-electron chi connectivity index (χ1n) is 7.07. The van der Waals surface area contributed by atoms with E-state index in [0.29, 0.717) is 5.25 Å². The molecule has 1 N–H and O–H groups in total. The molecular weight excluding hydrogens is 288 g/mol. The van der Waals surface area contributed by atoms with Crippen molar-refractivity contribution >= 4 is 23.1 Å². The second-order valence-electron chi connectivity index (χ2n) is 5.23. The summed E-state index contributed by atoms with van der Waals surface area (Å²) in [6.45, 7) is 0. The van der Waals surface area contributed by atoms with Crippen LogP contribution in [0.1, 0.15) is 43.4 Å². The summed E-state index contributed by atoms with van der Waals surface area (Å²) in [6.07, 6.45) is 7.17. The van der Waals surface area contributed by atoms with Gasteiger partial charge < -0.3 is 4.98 Å². The Morgan fingerprint density at radius 3 is 2.95 bits per heavy atom. The Kier molecular flexibility index (Phi) is 4.58. The van der Waals surface area contributed by atoms with Crippen LogP contribution < -0.4 is 5.56 Å². The lowest BCUT2D eigenvalue weighted by atomic mass is 10.0. The fourth-order valence-corrected chi connectivity index (χ4v) is 4.46. The minimum atomic E-state index is -0.0384. The zero-order valence-electron chi connectivity index (χ0n) is 11.3. The molecule has 106 valence electrons. The third kappa shape index (κ3) is 3.73. The molecule has 0 bridgehead atoms. The standard InChI is InChI=1S/C15H18N2OS2/c18-14-9-12(8-11-6-7-19-10-11)16-15(17-14)20-13-4-2-1-3-5-13/h6-7,9-10,13H,1-5,8H2,(H,16,17,18). The molecule has 0 spiro atoms. The molecule has 1 saturated carbocycles. The molecule has 0 saturated heterocycles. The highest BCUT2D eigenvalue weighted by molar-refractivity contribution is 7.99. The normalized spacial score (nSPS) is 16.4. The maximum atomic E-state index is 11.8. The van der Waals surface area contributed by atoms with Gasteiger partial charge in [0.05, 0.1) is 5.69 Å². The molecule has 1 aliphatic rings. The van der Waals surface area contributed by atoms with Crippen LogP contribution in [0.3, 0.4) is 0 Å². The smallest absolute Gasteiger partial charge is 0.251 e. The van der Waals surface area contributed by atoms with Crippen molar-refractivity contribution in [1.29, 1.82) is 0 Å². The SMILES string of the molecule is O=c1cc(Cc2ccsc2)nc(SC2CCCCC2)[nH]1. The zero-order chi connectivity index (χ0) is 13.8. The number of H-pyrrole nitrogens is 1. The number of aromatic amines is 1. The van der Waals surface area contributed by atoms with E-state index in [-0.39, 0.29) is 5.56 Å². The lowest BCUT2D eigenvalue weighted by Crippen LogP contribution is -2.14. The van der Waals surface area contributed by atoms with Crippen molar-refractivity contribution in [1.82, 2.24) is 9.97 Å². The van der Waals surface area contributed by atoms with Crippen molar-refractivity contribution < 1.29 is 0 Å². The Balaban J connectivity index is 1.74. The van der Waals surface area contributed by atoms with Crippen LogP contribution in [0.5, 0.6) is 0 Å². The maximum absolute atomic E-state index is 11.8. The molecule has 20 heavy (non-hydrogen) atoms. The molecule has 3 rings (SSSR count). The summed E-state index contributed by atoms with van der Waals surface area (Å²) < 4.78 is 0. The summed E-state index contributed by atoms with van der Waals surface area (Å²) in [6, 6.07) is 3.70. The average Bonchev–Trinajstić information content (AvgIpc) is 2.92. The van der Waals surface area contributed by atoms with Gasteiger partial charge in [-0.05, 0) is 35.2 Å². The molecule has 0 amide bonds. The highest BCUT2D eigenvalue weighted by Gasteiger charge is 2.16. The summed E-state index contributed by atoms with van der Waals surface area (Å²) >= 11 is 3.42. The molecule has 2 aromatic rings. The van der Waals surface area contributed by atoms with Gasteiger partial charge >= 0.3 is 0 Å². The van der Waals surface area contributed by atoms with Gasteiger partial charge in [0, 0.05) is 17.7 Å². The van der Waals surface area contributed by atoms with Gasteiger partial charge in [-0.15, -0.1) is 0 Å². The Morgan fingerprint density at radius 2 is 2.20 bits per heavy atom. The summed E-state index contributed by atoms with van der Waals surface area (Å²) in [4.78, 5) is 19.3. The summed E-state index contributed by atoms with van der Waals surface area (Å²) in [5.41, 5.74) is 2.05. The van der Waals surface area contributed by atoms with E-state index in [1.165, 1.54) is 37.7 Å². The Morgan fingerprint density at radius 1 is 1.35 bits per heavy atom. The van der Waals surface area contributed by atoms with E-state index in [9.17, 15) is 4.79 Å². The number of aromatic nitrogens is 2. The van der Waals surface area contributed by atoms with Crippen LogP contribution in [0, 0.1) is 0 Å². The predicted octanol–water partition coefficient (Wildman–Crippen LogP) is 3.85. The second-order valence-corrected chi connectivity index (χ2v) is 7.30. The van der Waals surface area contributed by atoms with Crippen molar-refractivity contribution in [2.45, 2.75) is 48.9 Å². The molecule has 0 radical (unpaired) electrons. The third-order valence-corrected chi connectivity index (χ3v) is 5.52. The van der Waals surface area contributed by atoms with Gasteiger partial charge in [0.25, 0.3) is 5.56 Å². The first kappa shape index (κ1) is 13.9. The van der Waals surface area contributed by atoms with E-state index in [1.54, 1.807) is 29.2 Å². The largest absolute Gasteiger partial charge is 0.301 e. The van der Waals surface area contributed by atoms with Gasteiger partial charge in [-0.25, -0.2) is 4.98 Å². The maximum Gasteiger partial charge on any atom is 0.251 e. The fraction of sp³-hybridized carbons (Fsp3) is 0.467. The molecule has 0 unspecified atom stereocenters. The van der Waals surface area contributed by atoms with Crippen molar-refractivity contribution in [3.63, 3.8) is 0 Å². The van der Waals surface area contributed by atoms with Crippen molar-refractivity contribution in [2.24, 2.45) is 0 Å². The molecule has 1 fully saturated rings. The number of thioether (sulfide) groups is 1. The Labute approximate surface area is 126 Å². The van der Waals surface area contributed by atoms with Crippen LogP contribution in [0.4, 0.5) is 0 Å². The fourth-order valence-electron chi connectivity index (χ4n) is 2.57. The zero-order valence-corrected chi connectivity index (χ0v) is 12.9. The van der Waals surface area contributed by atoms with Crippen LogP contribution in [0.15, 0.2) is 32.8 Å². The molecule has 0 atom stereocenters. The van der Waals surface area contributed by atoms with Crippen LogP contribution >= 0.6 is 23.1 Å². The second kappa shape index (κ2) is 6.59. The molecule has 2 aromatic heterocycles. The van der Waals surface area contributed by atoms with Gasteiger partial charge in [-0.1, -0.05) is 31.0 Å². The van der Waals surface area contributed by atoms with E-state index >= 15 is 0 Å². The van der Waals surface area contributed by atoms with Crippen LogP contribution in [-0.4, -0.2) is 15.2 Å². The van der Waals surface area contributed by atoms with Gasteiger partial charge in [0.15, 0.2) is 5.16 Å². The summed E-state index contributed by atoms with van der Waals surface area (Å²) in [7, 11) is 0. The summed E-state index contributed by atoms with van der Waals surface area (Å²) in [5.74, 6) is 0. The topological polar surface area (TPSA) is 45.8 Å². The predicted molar refractivity (Wildman–Crippen MR) is 84.7 cm³/mol. The number of rotatable bonds is 4. The van der Waals surface area contributed by atoms with Crippen molar-refractivity contribution in [3.05, 3.63) is 44.5 Å².